The van der Waals surface area contributed by atoms with E-state index < -0.39 is 5.25 Å². The van der Waals surface area contributed by atoms with Crippen molar-refractivity contribution in [3.05, 3.63) is 64.1 Å². The van der Waals surface area contributed by atoms with Crippen LogP contribution >= 0.6 is 35.0 Å². The number of thioether (sulfide) groups is 1. The molecule has 2 heterocycles. The molecular weight excluding hydrogens is 445 g/mol. The zero-order valence-electron chi connectivity index (χ0n) is 15.8. The third-order valence-electron chi connectivity index (χ3n) is 4.72. The minimum atomic E-state index is -0.470. The fraction of sp³-hybridized carbons (Fsp3) is 0.238. The summed E-state index contributed by atoms with van der Waals surface area (Å²) in [6, 6.07) is 13.6. The van der Waals surface area contributed by atoms with Gasteiger partial charge >= 0.3 is 0 Å². The predicted molar refractivity (Wildman–Crippen MR) is 116 cm³/mol. The number of rotatable bonds is 4. The first-order chi connectivity index (χ1) is 14.5. The maximum Gasteiger partial charge on any atom is 0.277 e. The van der Waals surface area contributed by atoms with Crippen LogP contribution < -0.4 is 0 Å². The first-order valence-electron chi connectivity index (χ1n) is 9.38. The zero-order chi connectivity index (χ0) is 21.1. The molecule has 2 amide bonds. The Kier molecular flexibility index (Phi) is 6.41. The van der Waals surface area contributed by atoms with Gasteiger partial charge in [-0.15, -0.1) is 10.2 Å². The summed E-state index contributed by atoms with van der Waals surface area (Å²) in [7, 11) is 0. The molecule has 1 aliphatic rings. The van der Waals surface area contributed by atoms with E-state index in [9.17, 15) is 9.59 Å². The van der Waals surface area contributed by atoms with Crippen molar-refractivity contribution in [2.75, 3.05) is 6.54 Å². The van der Waals surface area contributed by atoms with Gasteiger partial charge in [-0.25, -0.2) is 0 Å². The van der Waals surface area contributed by atoms with E-state index in [4.69, 9.17) is 27.6 Å². The lowest BCUT2D eigenvalue weighted by Gasteiger charge is -2.21. The topological polar surface area (TPSA) is 76.3 Å². The Morgan fingerprint density at radius 1 is 1.00 bits per heavy atom. The van der Waals surface area contributed by atoms with Crippen molar-refractivity contribution >= 4 is 46.8 Å². The van der Waals surface area contributed by atoms with Gasteiger partial charge < -0.3 is 4.42 Å². The highest BCUT2D eigenvalue weighted by atomic mass is 35.5. The highest BCUT2D eigenvalue weighted by molar-refractivity contribution is 8.00. The summed E-state index contributed by atoms with van der Waals surface area (Å²) in [6.45, 7) is 0.386. The van der Waals surface area contributed by atoms with Crippen molar-refractivity contribution < 1.29 is 14.0 Å². The van der Waals surface area contributed by atoms with Crippen LogP contribution in [0, 0.1) is 0 Å². The van der Waals surface area contributed by atoms with E-state index in [2.05, 4.69) is 10.2 Å². The van der Waals surface area contributed by atoms with E-state index >= 15 is 0 Å². The van der Waals surface area contributed by atoms with Gasteiger partial charge in [-0.1, -0.05) is 41.4 Å². The van der Waals surface area contributed by atoms with E-state index in [1.54, 1.807) is 48.5 Å². The maximum atomic E-state index is 13.1. The molecule has 0 bridgehead atoms. The molecule has 1 atom stereocenters. The number of aromatic nitrogens is 2. The van der Waals surface area contributed by atoms with Gasteiger partial charge in [0.15, 0.2) is 0 Å². The lowest BCUT2D eigenvalue weighted by Crippen LogP contribution is -2.41. The molecule has 6 nitrogen and oxygen atoms in total. The number of nitrogens with zero attached hydrogens (tertiary/aromatic N) is 3. The molecule has 154 valence electrons. The van der Waals surface area contributed by atoms with E-state index in [1.807, 2.05) is 0 Å². The molecule has 0 spiro atoms. The first kappa shape index (κ1) is 20.9. The smallest absolute Gasteiger partial charge is 0.277 e. The summed E-state index contributed by atoms with van der Waals surface area (Å²) < 4.78 is 5.72. The van der Waals surface area contributed by atoms with Crippen LogP contribution in [0.15, 0.2) is 58.2 Å². The predicted octanol–water partition coefficient (Wildman–Crippen LogP) is 5.36. The van der Waals surface area contributed by atoms with Crippen LogP contribution in [0.5, 0.6) is 0 Å². The van der Waals surface area contributed by atoms with Gasteiger partial charge in [-0.05, 0) is 61.4 Å². The number of carbonyl (C=O) groups excluding carboxylic acids is 2. The van der Waals surface area contributed by atoms with E-state index in [0.29, 0.717) is 39.7 Å². The Labute approximate surface area is 187 Å². The van der Waals surface area contributed by atoms with Crippen LogP contribution in [-0.2, 0) is 4.79 Å². The molecule has 30 heavy (non-hydrogen) atoms. The van der Waals surface area contributed by atoms with E-state index in [-0.39, 0.29) is 11.8 Å². The van der Waals surface area contributed by atoms with Crippen molar-refractivity contribution in [1.82, 2.24) is 15.1 Å². The average molecular weight is 462 g/mol. The van der Waals surface area contributed by atoms with Gasteiger partial charge in [0.1, 0.15) is 0 Å². The van der Waals surface area contributed by atoms with Crippen molar-refractivity contribution in [2.45, 2.75) is 29.7 Å². The maximum absolute atomic E-state index is 13.1. The van der Waals surface area contributed by atoms with Crippen molar-refractivity contribution in [2.24, 2.45) is 0 Å². The number of likely N-dealkylation sites (tertiary alicyclic amines) is 1. The Morgan fingerprint density at radius 3 is 2.37 bits per heavy atom. The van der Waals surface area contributed by atoms with Crippen LogP contribution in [0.3, 0.4) is 0 Å². The molecule has 9 heteroatoms. The van der Waals surface area contributed by atoms with Crippen LogP contribution in [0.25, 0.3) is 11.5 Å². The van der Waals surface area contributed by atoms with Crippen molar-refractivity contribution in [1.29, 1.82) is 0 Å². The molecule has 1 unspecified atom stereocenters. The number of halogens is 2. The fourth-order valence-corrected chi connectivity index (χ4v) is 4.38. The van der Waals surface area contributed by atoms with Gasteiger partial charge in [0, 0.05) is 27.7 Å². The second-order valence-corrected chi connectivity index (χ2v) is 8.81. The van der Waals surface area contributed by atoms with Gasteiger partial charge in [0.2, 0.25) is 11.8 Å². The monoisotopic (exact) mass is 461 g/mol. The summed E-state index contributed by atoms with van der Waals surface area (Å²) in [4.78, 5) is 27.3. The third-order valence-corrected chi connectivity index (χ3v) is 6.31. The SMILES string of the molecule is O=C(c1ccc(Cl)cc1)N1CCCCC(Sc2nnc(-c3ccc(Cl)cc3)o2)C1=O. The highest BCUT2D eigenvalue weighted by Gasteiger charge is 2.33. The Morgan fingerprint density at radius 2 is 1.67 bits per heavy atom. The molecular formula is C21H17Cl2N3O3S. The standard InChI is InChI=1S/C21H17Cl2N3O3S/c22-15-8-4-13(5-9-15)18-24-25-21(29-18)30-17-3-1-2-12-26(20(17)28)19(27)14-6-10-16(23)11-7-14/h4-11,17H,1-3,12H2. The first-order valence-corrected chi connectivity index (χ1v) is 11.0. The molecule has 1 fully saturated rings. The van der Waals surface area contributed by atoms with Crippen LogP contribution in [-0.4, -0.2) is 38.7 Å². The molecule has 0 N–H and O–H groups in total. The summed E-state index contributed by atoms with van der Waals surface area (Å²) >= 11 is 13.0. The Bertz CT molecular complexity index is 1050. The summed E-state index contributed by atoms with van der Waals surface area (Å²) in [5.41, 5.74) is 1.17. The molecule has 1 saturated heterocycles. The molecule has 0 radical (unpaired) electrons. The van der Waals surface area contributed by atoms with Crippen molar-refractivity contribution in [3.63, 3.8) is 0 Å². The molecule has 0 aliphatic carbocycles. The van der Waals surface area contributed by atoms with Gasteiger partial charge in [0.05, 0.1) is 5.25 Å². The average Bonchev–Trinajstić information content (AvgIpc) is 3.14. The number of hydrogen-bond acceptors (Lipinski definition) is 6. The lowest BCUT2D eigenvalue weighted by molar-refractivity contribution is -0.127. The quantitative estimate of drug-likeness (QED) is 0.486. The second kappa shape index (κ2) is 9.20. The zero-order valence-corrected chi connectivity index (χ0v) is 18.1. The highest BCUT2D eigenvalue weighted by Crippen LogP contribution is 2.32. The summed E-state index contributed by atoms with van der Waals surface area (Å²) in [5, 5.41) is 9.08. The number of hydrogen-bond donors (Lipinski definition) is 0. The van der Waals surface area contributed by atoms with Gasteiger partial charge in [0.25, 0.3) is 11.1 Å². The van der Waals surface area contributed by atoms with Crippen LogP contribution in [0.4, 0.5) is 0 Å². The summed E-state index contributed by atoms with van der Waals surface area (Å²) in [5.74, 6) is -0.218. The van der Waals surface area contributed by atoms with Crippen molar-refractivity contribution in [3.8, 4) is 11.5 Å². The molecule has 4 rings (SSSR count). The summed E-state index contributed by atoms with van der Waals surface area (Å²) in [6.07, 6.45) is 2.21. The Hall–Kier alpha value is -2.35. The van der Waals surface area contributed by atoms with E-state index in [1.165, 1.54) is 16.7 Å². The van der Waals surface area contributed by atoms with Gasteiger partial charge in [-0.2, -0.15) is 0 Å². The lowest BCUT2D eigenvalue weighted by atomic mass is 10.2. The molecule has 1 aromatic heterocycles. The number of benzene rings is 2. The minimum absolute atomic E-state index is 0.247. The molecule has 3 aromatic rings. The minimum Gasteiger partial charge on any atom is -0.411 e. The normalized spacial score (nSPS) is 17.1. The Balaban J connectivity index is 1.50. The molecule has 2 aromatic carbocycles. The largest absolute Gasteiger partial charge is 0.411 e. The number of carbonyl (C=O) groups is 2. The van der Waals surface area contributed by atoms with Crippen LogP contribution in [0.2, 0.25) is 10.0 Å². The van der Waals surface area contributed by atoms with Gasteiger partial charge in [-0.3, -0.25) is 14.5 Å². The van der Waals surface area contributed by atoms with Crippen LogP contribution in [0.1, 0.15) is 29.6 Å². The fourth-order valence-electron chi connectivity index (χ4n) is 3.15. The van der Waals surface area contributed by atoms with E-state index in [0.717, 1.165) is 18.4 Å². The second-order valence-electron chi connectivity index (χ2n) is 6.78. The molecule has 1 aliphatic heterocycles. The number of amides is 2. The third kappa shape index (κ3) is 4.69. The molecule has 0 saturated carbocycles. The number of imide groups is 1.